The minimum absolute atomic E-state index is 0.0300. The minimum atomic E-state index is 0.0300. The molecule has 0 aliphatic carbocycles. The molecule has 2 rings (SSSR count). The number of nitrogens with zero attached hydrogens (tertiary/aromatic N) is 1. The average molecular weight is 295 g/mol. The topological polar surface area (TPSA) is 20.3 Å². The molecule has 2 nitrogen and oxygen atoms in total. The van der Waals surface area contributed by atoms with Crippen LogP contribution in [0, 0.1) is 5.41 Å². The number of benzene rings is 2. The van der Waals surface area contributed by atoms with E-state index in [4.69, 9.17) is 0 Å². The van der Waals surface area contributed by atoms with Gasteiger partial charge in [0.1, 0.15) is 0 Å². The Morgan fingerprint density at radius 2 is 1.73 bits per heavy atom. The molecule has 0 fully saturated rings. The molecule has 0 unspecified atom stereocenters. The van der Waals surface area contributed by atoms with Crippen LogP contribution in [0.5, 0.6) is 0 Å². The zero-order valence-corrected chi connectivity index (χ0v) is 14.0. The molecule has 0 N–H and O–H groups in total. The normalized spacial score (nSPS) is 11.3. The molecule has 2 aromatic carbocycles. The minimum Gasteiger partial charge on any atom is -0.311 e. The second-order valence-corrected chi connectivity index (χ2v) is 6.59. The van der Waals surface area contributed by atoms with Crippen molar-refractivity contribution in [3.8, 4) is 0 Å². The van der Waals surface area contributed by atoms with Gasteiger partial charge in [0, 0.05) is 18.3 Å². The van der Waals surface area contributed by atoms with Crippen molar-refractivity contribution in [3.05, 3.63) is 65.7 Å². The first-order valence-corrected chi connectivity index (χ1v) is 7.85. The maximum absolute atomic E-state index is 12.7. The van der Waals surface area contributed by atoms with E-state index in [0.717, 1.165) is 24.1 Å². The first-order chi connectivity index (χ1) is 10.4. The van der Waals surface area contributed by atoms with Gasteiger partial charge in [0.15, 0.2) is 0 Å². The van der Waals surface area contributed by atoms with Gasteiger partial charge in [0.25, 0.3) is 5.91 Å². The Morgan fingerprint density at radius 3 is 2.36 bits per heavy atom. The molecule has 0 spiro atoms. The van der Waals surface area contributed by atoms with Crippen molar-refractivity contribution < 1.29 is 4.79 Å². The van der Waals surface area contributed by atoms with Gasteiger partial charge in [-0.05, 0) is 41.7 Å². The molecule has 0 atom stereocenters. The fraction of sp³-hybridized carbons (Fsp3) is 0.350. The standard InChI is InChI=1S/C20H25NO/c1-5-20(2,3)15-16-10-9-11-17(14-16)19(22)21(4)18-12-7-6-8-13-18/h6-14H,5,15H2,1-4H3. The van der Waals surface area contributed by atoms with Gasteiger partial charge in [-0.15, -0.1) is 0 Å². The van der Waals surface area contributed by atoms with E-state index in [-0.39, 0.29) is 11.3 Å². The van der Waals surface area contributed by atoms with Crippen LogP contribution in [0.2, 0.25) is 0 Å². The van der Waals surface area contributed by atoms with E-state index in [0.29, 0.717) is 0 Å². The van der Waals surface area contributed by atoms with Gasteiger partial charge in [0.05, 0.1) is 0 Å². The fourth-order valence-electron chi connectivity index (χ4n) is 2.45. The molecule has 22 heavy (non-hydrogen) atoms. The van der Waals surface area contributed by atoms with Crippen LogP contribution in [0.1, 0.15) is 43.1 Å². The van der Waals surface area contributed by atoms with Gasteiger partial charge in [-0.3, -0.25) is 4.79 Å². The van der Waals surface area contributed by atoms with Crippen LogP contribution in [-0.2, 0) is 6.42 Å². The van der Waals surface area contributed by atoms with Crippen molar-refractivity contribution in [1.29, 1.82) is 0 Å². The Morgan fingerprint density at radius 1 is 1.05 bits per heavy atom. The molecule has 0 aliphatic rings. The van der Waals surface area contributed by atoms with Gasteiger partial charge in [0.2, 0.25) is 0 Å². The summed E-state index contributed by atoms with van der Waals surface area (Å²) in [5, 5.41) is 0. The van der Waals surface area contributed by atoms with Crippen LogP contribution in [-0.4, -0.2) is 13.0 Å². The number of hydrogen-bond acceptors (Lipinski definition) is 1. The molecule has 0 bridgehead atoms. The predicted octanol–water partition coefficient (Wildman–Crippen LogP) is 4.94. The number of hydrogen-bond donors (Lipinski definition) is 0. The maximum Gasteiger partial charge on any atom is 0.258 e. The van der Waals surface area contributed by atoms with Crippen LogP contribution in [0.4, 0.5) is 5.69 Å². The van der Waals surface area contributed by atoms with E-state index in [2.05, 4.69) is 26.8 Å². The maximum atomic E-state index is 12.7. The first kappa shape index (κ1) is 16.3. The molecular weight excluding hydrogens is 270 g/mol. The Kier molecular flexibility index (Phi) is 5.02. The van der Waals surface area contributed by atoms with E-state index in [1.807, 2.05) is 55.6 Å². The summed E-state index contributed by atoms with van der Waals surface area (Å²) in [6.45, 7) is 6.73. The molecule has 0 saturated carbocycles. The van der Waals surface area contributed by atoms with E-state index < -0.39 is 0 Å². The Hall–Kier alpha value is -2.09. The highest BCUT2D eigenvalue weighted by Crippen LogP contribution is 2.26. The molecule has 2 aromatic rings. The number of anilines is 1. The lowest BCUT2D eigenvalue weighted by Crippen LogP contribution is -2.26. The van der Waals surface area contributed by atoms with Crippen molar-refractivity contribution in [2.75, 3.05) is 11.9 Å². The van der Waals surface area contributed by atoms with E-state index >= 15 is 0 Å². The van der Waals surface area contributed by atoms with Gasteiger partial charge in [-0.2, -0.15) is 0 Å². The smallest absolute Gasteiger partial charge is 0.258 e. The monoisotopic (exact) mass is 295 g/mol. The summed E-state index contributed by atoms with van der Waals surface area (Å²) in [6.07, 6.45) is 2.11. The van der Waals surface area contributed by atoms with E-state index in [1.54, 1.807) is 4.90 Å². The van der Waals surface area contributed by atoms with Crippen molar-refractivity contribution in [3.63, 3.8) is 0 Å². The lowest BCUT2D eigenvalue weighted by molar-refractivity contribution is 0.0993. The van der Waals surface area contributed by atoms with Crippen LogP contribution in [0.15, 0.2) is 54.6 Å². The van der Waals surface area contributed by atoms with Gasteiger partial charge in [-0.25, -0.2) is 0 Å². The van der Waals surface area contributed by atoms with Crippen LogP contribution < -0.4 is 4.90 Å². The molecule has 2 heteroatoms. The zero-order chi connectivity index (χ0) is 16.2. The molecule has 0 aromatic heterocycles. The highest BCUT2D eigenvalue weighted by Gasteiger charge is 2.18. The number of carbonyl (C=O) groups excluding carboxylic acids is 1. The lowest BCUT2D eigenvalue weighted by Gasteiger charge is -2.23. The Bertz CT molecular complexity index is 631. The van der Waals surface area contributed by atoms with Crippen molar-refractivity contribution in [1.82, 2.24) is 0 Å². The summed E-state index contributed by atoms with van der Waals surface area (Å²) in [5.41, 5.74) is 3.13. The van der Waals surface area contributed by atoms with Crippen LogP contribution in [0.3, 0.4) is 0 Å². The molecule has 116 valence electrons. The van der Waals surface area contributed by atoms with Crippen molar-refractivity contribution >= 4 is 11.6 Å². The number of carbonyl (C=O) groups is 1. The molecule has 0 saturated heterocycles. The number of para-hydroxylation sites is 1. The molecular formula is C20H25NO. The van der Waals surface area contributed by atoms with E-state index in [9.17, 15) is 4.79 Å². The SMILES string of the molecule is CCC(C)(C)Cc1cccc(C(=O)N(C)c2ccccc2)c1. The molecule has 1 amide bonds. The fourth-order valence-corrected chi connectivity index (χ4v) is 2.45. The zero-order valence-electron chi connectivity index (χ0n) is 14.0. The summed E-state index contributed by atoms with van der Waals surface area (Å²) < 4.78 is 0. The third-order valence-electron chi connectivity index (χ3n) is 4.26. The third kappa shape index (κ3) is 3.97. The highest BCUT2D eigenvalue weighted by molar-refractivity contribution is 6.05. The summed E-state index contributed by atoms with van der Waals surface area (Å²) in [5.74, 6) is 0.0300. The third-order valence-corrected chi connectivity index (χ3v) is 4.26. The second kappa shape index (κ2) is 6.78. The number of rotatable bonds is 5. The first-order valence-electron chi connectivity index (χ1n) is 7.85. The molecule has 0 aliphatic heterocycles. The lowest BCUT2D eigenvalue weighted by atomic mass is 9.83. The number of amides is 1. The predicted molar refractivity (Wildman–Crippen MR) is 93.4 cm³/mol. The summed E-state index contributed by atoms with van der Waals surface area (Å²) in [6, 6.07) is 17.7. The largest absolute Gasteiger partial charge is 0.311 e. The van der Waals surface area contributed by atoms with Crippen molar-refractivity contribution in [2.24, 2.45) is 5.41 Å². The summed E-state index contributed by atoms with van der Waals surface area (Å²) in [4.78, 5) is 14.4. The van der Waals surface area contributed by atoms with E-state index in [1.165, 1.54) is 5.56 Å². The van der Waals surface area contributed by atoms with Crippen molar-refractivity contribution in [2.45, 2.75) is 33.6 Å². The van der Waals surface area contributed by atoms with Crippen LogP contribution >= 0.6 is 0 Å². The molecule has 0 heterocycles. The van der Waals surface area contributed by atoms with Crippen LogP contribution in [0.25, 0.3) is 0 Å². The Labute approximate surface area is 133 Å². The average Bonchev–Trinajstić information content (AvgIpc) is 2.54. The Balaban J connectivity index is 2.20. The molecule has 0 radical (unpaired) electrons. The van der Waals surface area contributed by atoms with Gasteiger partial charge >= 0.3 is 0 Å². The summed E-state index contributed by atoms with van der Waals surface area (Å²) >= 11 is 0. The van der Waals surface area contributed by atoms with Gasteiger partial charge < -0.3 is 4.90 Å². The quantitative estimate of drug-likeness (QED) is 0.765. The summed E-state index contributed by atoms with van der Waals surface area (Å²) in [7, 11) is 1.82. The highest BCUT2D eigenvalue weighted by atomic mass is 16.2. The van der Waals surface area contributed by atoms with Gasteiger partial charge in [-0.1, -0.05) is 57.5 Å². The second-order valence-electron chi connectivity index (χ2n) is 6.59.